The molecule has 0 N–H and O–H groups in total. The van der Waals surface area contributed by atoms with Crippen LogP contribution in [0.3, 0.4) is 0 Å². The van der Waals surface area contributed by atoms with Gasteiger partial charge in [-0.3, -0.25) is 4.79 Å². The summed E-state index contributed by atoms with van der Waals surface area (Å²) in [6.45, 7) is 3.83. The van der Waals surface area contributed by atoms with Gasteiger partial charge in [-0.2, -0.15) is 0 Å². The van der Waals surface area contributed by atoms with Crippen LogP contribution in [0.25, 0.3) is 33.1 Å². The topological polar surface area (TPSA) is 60.4 Å². The van der Waals surface area contributed by atoms with Crippen molar-refractivity contribution >= 4 is 27.7 Å². The maximum atomic E-state index is 13.4. The summed E-state index contributed by atoms with van der Waals surface area (Å²) in [5, 5.41) is 1.50. The molecule has 0 atom stereocenters. The Bertz CT molecular complexity index is 1470. The van der Waals surface area contributed by atoms with Crippen LogP contribution in [0.2, 0.25) is 0 Å². The quantitative estimate of drug-likeness (QED) is 0.276. The van der Waals surface area contributed by atoms with Crippen LogP contribution in [0.4, 0.5) is 0 Å². The van der Waals surface area contributed by atoms with Crippen molar-refractivity contribution in [1.82, 2.24) is 0 Å². The van der Waals surface area contributed by atoms with Crippen LogP contribution in [-0.2, 0) is 0 Å². The van der Waals surface area contributed by atoms with Gasteiger partial charge in [0.15, 0.2) is 11.3 Å². The number of rotatable bonds is 3. The highest BCUT2D eigenvalue weighted by Crippen LogP contribution is 2.41. The highest BCUT2D eigenvalue weighted by atomic mass is 16.4. The molecule has 0 spiro atoms. The summed E-state index contributed by atoms with van der Waals surface area (Å²) < 4.78 is 11.8. The molecule has 0 saturated carbocycles. The Hall–Kier alpha value is -3.92. The molecule has 0 saturated heterocycles. The first kappa shape index (κ1) is 18.1. The molecule has 146 valence electrons. The third-order valence-electron chi connectivity index (χ3n) is 5.37. The van der Waals surface area contributed by atoms with Crippen LogP contribution in [0.1, 0.15) is 27.2 Å². The van der Waals surface area contributed by atoms with E-state index < -0.39 is 5.63 Å². The number of aryl methyl sites for hydroxylation is 2. The van der Waals surface area contributed by atoms with Crippen LogP contribution in [0.15, 0.2) is 86.4 Å². The zero-order valence-corrected chi connectivity index (χ0v) is 16.6. The zero-order valence-electron chi connectivity index (χ0n) is 16.6. The number of ketones is 1. The van der Waals surface area contributed by atoms with Crippen LogP contribution < -0.4 is 5.63 Å². The van der Waals surface area contributed by atoms with E-state index >= 15 is 0 Å². The van der Waals surface area contributed by atoms with Crippen LogP contribution in [-0.4, -0.2) is 5.78 Å². The second kappa shape index (κ2) is 6.85. The lowest BCUT2D eigenvalue weighted by Gasteiger charge is -2.07. The van der Waals surface area contributed by atoms with Crippen LogP contribution >= 0.6 is 0 Å². The van der Waals surface area contributed by atoms with E-state index in [1.54, 1.807) is 12.1 Å². The van der Waals surface area contributed by atoms with Crippen molar-refractivity contribution < 1.29 is 13.6 Å². The maximum Gasteiger partial charge on any atom is 0.336 e. The van der Waals surface area contributed by atoms with Crippen molar-refractivity contribution in [2.24, 2.45) is 0 Å². The predicted molar refractivity (Wildman–Crippen MR) is 117 cm³/mol. The molecule has 2 heterocycles. The minimum atomic E-state index is -0.428. The zero-order chi connectivity index (χ0) is 20.8. The molecular formula is C26H18O4. The summed E-state index contributed by atoms with van der Waals surface area (Å²) in [5.41, 5.74) is 4.29. The van der Waals surface area contributed by atoms with Gasteiger partial charge < -0.3 is 8.83 Å². The molecule has 0 unspecified atom stereocenters. The summed E-state index contributed by atoms with van der Waals surface area (Å²) in [6.07, 6.45) is 0. The molecule has 30 heavy (non-hydrogen) atoms. The van der Waals surface area contributed by atoms with Crippen molar-refractivity contribution in [3.63, 3.8) is 0 Å². The van der Waals surface area contributed by atoms with Gasteiger partial charge in [-0.15, -0.1) is 0 Å². The van der Waals surface area contributed by atoms with E-state index in [1.165, 1.54) is 6.07 Å². The van der Waals surface area contributed by atoms with Gasteiger partial charge in [0.1, 0.15) is 5.58 Å². The largest absolute Gasteiger partial charge is 0.452 e. The molecule has 3 aromatic carbocycles. The van der Waals surface area contributed by atoms with E-state index in [9.17, 15) is 9.59 Å². The van der Waals surface area contributed by atoms with E-state index in [0.29, 0.717) is 27.7 Å². The highest BCUT2D eigenvalue weighted by molar-refractivity contribution is 6.20. The Balaban J connectivity index is 1.96. The van der Waals surface area contributed by atoms with Crippen molar-refractivity contribution in [2.75, 3.05) is 0 Å². The number of carbonyl (C=O) groups excluding carboxylic acids is 1. The van der Waals surface area contributed by atoms with Gasteiger partial charge in [-0.1, -0.05) is 60.7 Å². The Kier molecular flexibility index (Phi) is 4.14. The second-order valence-electron chi connectivity index (χ2n) is 7.39. The third kappa shape index (κ3) is 2.77. The van der Waals surface area contributed by atoms with Gasteiger partial charge in [0.2, 0.25) is 5.78 Å². The van der Waals surface area contributed by atoms with E-state index in [2.05, 4.69) is 0 Å². The van der Waals surface area contributed by atoms with Crippen molar-refractivity contribution in [1.29, 1.82) is 0 Å². The number of furan rings is 1. The van der Waals surface area contributed by atoms with E-state index in [0.717, 1.165) is 22.1 Å². The van der Waals surface area contributed by atoms with Crippen molar-refractivity contribution in [3.8, 4) is 11.1 Å². The number of hydrogen-bond acceptors (Lipinski definition) is 4. The Labute approximate surface area is 172 Å². The number of fused-ring (bicyclic) bond motifs is 3. The summed E-state index contributed by atoms with van der Waals surface area (Å²) in [5.74, 6) is 0.0184. The molecule has 4 heteroatoms. The second-order valence-corrected chi connectivity index (χ2v) is 7.39. The van der Waals surface area contributed by atoms with E-state index in [-0.39, 0.29) is 11.5 Å². The van der Waals surface area contributed by atoms with Gasteiger partial charge >= 0.3 is 5.63 Å². The summed E-state index contributed by atoms with van der Waals surface area (Å²) in [4.78, 5) is 25.6. The van der Waals surface area contributed by atoms with Gasteiger partial charge in [0.25, 0.3) is 0 Å². The van der Waals surface area contributed by atoms with E-state index in [1.807, 2.05) is 68.4 Å². The normalized spacial score (nSPS) is 11.3. The lowest BCUT2D eigenvalue weighted by Crippen LogP contribution is -2.01. The molecule has 2 aromatic heterocycles. The average molecular weight is 394 g/mol. The van der Waals surface area contributed by atoms with Gasteiger partial charge in [-0.05, 0) is 36.6 Å². The smallest absolute Gasteiger partial charge is 0.336 e. The lowest BCUT2D eigenvalue weighted by atomic mass is 9.95. The maximum absolute atomic E-state index is 13.4. The third-order valence-corrected chi connectivity index (χ3v) is 5.37. The standard InChI is InChI=1S/C26H18O4/c1-15-13-19-23(25-21(15)16(2)14-20(27)30-25)22(17-9-5-3-6-10-17)26(29-19)24(28)18-11-7-4-8-12-18/h3-14H,1-2H3. The molecular weight excluding hydrogens is 376 g/mol. The van der Waals surface area contributed by atoms with Gasteiger partial charge in [0.05, 0.1) is 5.39 Å². The van der Waals surface area contributed by atoms with Crippen molar-refractivity contribution in [2.45, 2.75) is 13.8 Å². The first-order valence-electron chi connectivity index (χ1n) is 9.70. The molecule has 4 nitrogen and oxygen atoms in total. The molecule has 5 aromatic rings. The number of hydrogen-bond donors (Lipinski definition) is 0. The molecule has 0 bridgehead atoms. The fraction of sp³-hybridized carbons (Fsp3) is 0.0769. The number of carbonyl (C=O) groups is 1. The van der Waals surface area contributed by atoms with Crippen LogP contribution in [0.5, 0.6) is 0 Å². The first-order valence-corrected chi connectivity index (χ1v) is 9.70. The minimum Gasteiger partial charge on any atom is -0.452 e. The minimum absolute atomic E-state index is 0.216. The summed E-state index contributed by atoms with van der Waals surface area (Å²) >= 11 is 0. The summed E-state index contributed by atoms with van der Waals surface area (Å²) in [7, 11) is 0. The predicted octanol–water partition coefficient (Wildman–Crippen LogP) is 6.05. The SMILES string of the molecule is Cc1cc(=O)oc2c1c(C)cc1oc(C(=O)c3ccccc3)c(-c3ccccc3)c12. The Morgan fingerprint density at radius 1 is 0.767 bits per heavy atom. The Morgan fingerprint density at radius 2 is 1.40 bits per heavy atom. The van der Waals surface area contributed by atoms with Crippen molar-refractivity contribution in [3.05, 3.63) is 106 Å². The average Bonchev–Trinajstić information content (AvgIpc) is 3.13. The van der Waals surface area contributed by atoms with Crippen LogP contribution in [0, 0.1) is 13.8 Å². The molecule has 0 aliphatic carbocycles. The lowest BCUT2D eigenvalue weighted by molar-refractivity contribution is 0.101. The molecule has 0 aliphatic rings. The van der Waals surface area contributed by atoms with Gasteiger partial charge in [-0.25, -0.2) is 4.79 Å². The fourth-order valence-corrected chi connectivity index (χ4v) is 4.08. The molecule has 5 rings (SSSR count). The Morgan fingerprint density at radius 3 is 2.10 bits per heavy atom. The molecule has 0 fully saturated rings. The fourth-order valence-electron chi connectivity index (χ4n) is 4.08. The first-order chi connectivity index (χ1) is 14.5. The number of benzene rings is 3. The molecule has 0 amide bonds. The summed E-state index contributed by atoms with van der Waals surface area (Å²) in [6, 6.07) is 22.0. The molecule has 0 radical (unpaired) electrons. The molecule has 0 aliphatic heterocycles. The monoisotopic (exact) mass is 394 g/mol. The van der Waals surface area contributed by atoms with Gasteiger partial charge in [0, 0.05) is 22.6 Å². The highest BCUT2D eigenvalue weighted by Gasteiger charge is 2.26. The van der Waals surface area contributed by atoms with E-state index in [4.69, 9.17) is 8.83 Å².